The van der Waals surface area contributed by atoms with E-state index in [2.05, 4.69) is 43.2 Å². The summed E-state index contributed by atoms with van der Waals surface area (Å²) in [6.45, 7) is 0. The molecule has 4 aromatic rings. The number of aromatic nitrogens is 4. The number of imidazole rings is 1. The number of hydrogen-bond donors (Lipinski definition) is 4. The van der Waals surface area contributed by atoms with Crippen molar-refractivity contribution in [1.29, 1.82) is 0 Å². The fourth-order valence-electron chi connectivity index (χ4n) is 2.65. The van der Waals surface area contributed by atoms with E-state index >= 15 is 0 Å². The average Bonchev–Trinajstić information content (AvgIpc) is 3.07. The Balaban J connectivity index is 1.67. The summed E-state index contributed by atoms with van der Waals surface area (Å²) in [7, 11) is 0. The monoisotopic (exact) mass is 470 g/mol. The van der Waals surface area contributed by atoms with Crippen LogP contribution >= 0.6 is 35.8 Å². The Bertz CT molecular complexity index is 1210. The highest BCUT2D eigenvalue weighted by Crippen LogP contribution is 2.34. The van der Waals surface area contributed by atoms with Gasteiger partial charge in [0.25, 0.3) is 0 Å². The predicted molar refractivity (Wildman–Crippen MR) is 113 cm³/mol. The van der Waals surface area contributed by atoms with E-state index in [1.165, 1.54) is 12.1 Å². The van der Waals surface area contributed by atoms with E-state index in [4.69, 9.17) is 23.2 Å². The smallest absolute Gasteiger partial charge is 0.338 e. The van der Waals surface area contributed by atoms with Crippen molar-refractivity contribution >= 4 is 70.1 Å². The molecule has 0 radical (unpaired) electrons. The maximum atomic E-state index is 12.8. The van der Waals surface area contributed by atoms with Crippen molar-refractivity contribution in [1.82, 2.24) is 19.9 Å². The first-order valence-corrected chi connectivity index (χ1v) is 9.53. The van der Waals surface area contributed by atoms with Gasteiger partial charge in [-0.05, 0) is 36.4 Å². The second-order valence-corrected chi connectivity index (χ2v) is 7.29. The van der Waals surface area contributed by atoms with E-state index in [1.807, 2.05) is 0 Å². The molecule has 0 atom stereocenters. The van der Waals surface area contributed by atoms with Gasteiger partial charge in [0.1, 0.15) is 0 Å². The van der Waals surface area contributed by atoms with E-state index in [-0.39, 0.29) is 11.0 Å². The molecule has 12 heteroatoms. The lowest BCUT2D eigenvalue weighted by atomic mass is 10.2. The van der Waals surface area contributed by atoms with E-state index < -0.39 is 11.7 Å². The number of para-hydroxylation sites is 1. The molecular formula is C18H11Cl2F3N6S. The van der Waals surface area contributed by atoms with Crippen molar-refractivity contribution in [3.8, 4) is 0 Å². The van der Waals surface area contributed by atoms with Crippen LogP contribution in [-0.4, -0.2) is 19.9 Å². The van der Waals surface area contributed by atoms with Gasteiger partial charge < -0.3 is 15.6 Å². The van der Waals surface area contributed by atoms with Crippen LogP contribution in [0, 0.1) is 0 Å². The molecule has 0 fully saturated rings. The van der Waals surface area contributed by atoms with Crippen LogP contribution in [0.1, 0.15) is 5.56 Å². The predicted octanol–water partition coefficient (Wildman–Crippen LogP) is 6.45. The molecule has 0 bridgehead atoms. The van der Waals surface area contributed by atoms with Gasteiger partial charge in [0, 0.05) is 5.69 Å². The fourth-order valence-corrected chi connectivity index (χ4v) is 3.34. The van der Waals surface area contributed by atoms with E-state index in [9.17, 15) is 13.2 Å². The molecule has 0 aliphatic rings. The second kappa shape index (κ2) is 7.86. The van der Waals surface area contributed by atoms with Gasteiger partial charge in [0.05, 0.1) is 21.3 Å². The number of halogens is 5. The Morgan fingerprint density at radius 2 is 1.57 bits per heavy atom. The number of hydrogen-bond acceptors (Lipinski definition) is 6. The molecule has 0 saturated carbocycles. The summed E-state index contributed by atoms with van der Waals surface area (Å²) in [4.78, 5) is 15.7. The van der Waals surface area contributed by atoms with Crippen molar-refractivity contribution in [2.24, 2.45) is 0 Å². The third-order valence-corrected chi connectivity index (χ3v) is 4.84. The zero-order valence-electron chi connectivity index (χ0n) is 14.7. The van der Waals surface area contributed by atoms with Crippen molar-refractivity contribution in [3.63, 3.8) is 0 Å². The number of alkyl halides is 3. The van der Waals surface area contributed by atoms with E-state index in [1.54, 1.807) is 18.2 Å². The molecule has 0 spiro atoms. The lowest BCUT2D eigenvalue weighted by Crippen LogP contribution is -2.04. The molecule has 0 unspecified atom stereocenters. The zero-order valence-corrected chi connectivity index (χ0v) is 17.1. The number of nitrogens with zero attached hydrogens (tertiary/aromatic N) is 3. The molecule has 2 aromatic heterocycles. The van der Waals surface area contributed by atoms with E-state index in [0.29, 0.717) is 38.5 Å². The SMILES string of the molecule is FC(F)(F)c1ccc(Nc2nc(S)nc3[nH]c(Nc4c(Cl)cccc4Cl)nc23)cc1. The number of anilines is 4. The number of fused-ring (bicyclic) bond motifs is 1. The molecule has 2 aromatic carbocycles. The van der Waals surface area contributed by atoms with Crippen LogP contribution in [-0.2, 0) is 6.18 Å². The van der Waals surface area contributed by atoms with Gasteiger partial charge in [-0.15, -0.1) is 12.6 Å². The average molecular weight is 471 g/mol. The number of thiol groups is 1. The first kappa shape index (κ1) is 20.6. The number of aromatic amines is 1. The summed E-state index contributed by atoms with van der Waals surface area (Å²) in [5, 5.41) is 6.86. The molecule has 30 heavy (non-hydrogen) atoms. The number of H-pyrrole nitrogens is 1. The highest BCUT2D eigenvalue weighted by atomic mass is 35.5. The van der Waals surface area contributed by atoms with Gasteiger partial charge >= 0.3 is 6.18 Å². The standard InChI is InChI=1S/C18H11Cl2F3N6S/c19-10-2-1-3-11(20)12(10)25-16-26-13-14(28-17(30)29-15(13)27-16)24-9-6-4-8(5-7-9)18(21,22)23/h1-7H,(H4,24,25,26,27,28,29,30). The minimum Gasteiger partial charge on any atom is -0.338 e. The molecule has 154 valence electrons. The number of rotatable bonds is 4. The Morgan fingerprint density at radius 3 is 2.20 bits per heavy atom. The third-order valence-electron chi connectivity index (χ3n) is 4.01. The number of benzene rings is 2. The van der Waals surface area contributed by atoms with Crippen LogP contribution in [0.15, 0.2) is 47.6 Å². The normalized spacial score (nSPS) is 11.7. The molecule has 3 N–H and O–H groups in total. The fraction of sp³-hybridized carbons (Fsp3) is 0.0556. The minimum absolute atomic E-state index is 0.142. The van der Waals surface area contributed by atoms with Crippen molar-refractivity contribution in [3.05, 3.63) is 58.1 Å². The van der Waals surface area contributed by atoms with E-state index in [0.717, 1.165) is 12.1 Å². The Hall–Kier alpha value is -2.69. The van der Waals surface area contributed by atoms with Crippen molar-refractivity contribution < 1.29 is 13.2 Å². The molecule has 0 amide bonds. The van der Waals surface area contributed by atoms with Crippen LogP contribution in [0.2, 0.25) is 10.0 Å². The summed E-state index contributed by atoms with van der Waals surface area (Å²) in [6.07, 6.45) is -4.41. The highest BCUT2D eigenvalue weighted by Gasteiger charge is 2.30. The van der Waals surface area contributed by atoms with Crippen molar-refractivity contribution in [2.45, 2.75) is 11.3 Å². The Morgan fingerprint density at radius 1 is 0.900 bits per heavy atom. The van der Waals surface area contributed by atoms with Crippen molar-refractivity contribution in [2.75, 3.05) is 10.6 Å². The maximum absolute atomic E-state index is 12.8. The largest absolute Gasteiger partial charge is 0.416 e. The van der Waals surface area contributed by atoms with Crippen LogP contribution < -0.4 is 10.6 Å². The van der Waals surface area contributed by atoms with Crippen LogP contribution in [0.25, 0.3) is 11.2 Å². The first-order chi connectivity index (χ1) is 14.2. The third kappa shape index (κ3) is 4.25. The van der Waals surface area contributed by atoms with Gasteiger partial charge in [-0.1, -0.05) is 29.3 Å². The van der Waals surface area contributed by atoms with Crippen LogP contribution in [0.5, 0.6) is 0 Å². The summed E-state index contributed by atoms with van der Waals surface area (Å²) in [6, 6.07) is 9.58. The number of nitrogens with one attached hydrogen (secondary N) is 3. The lowest BCUT2D eigenvalue weighted by molar-refractivity contribution is -0.137. The molecule has 6 nitrogen and oxygen atoms in total. The van der Waals surface area contributed by atoms with Gasteiger partial charge in [-0.25, -0.2) is 15.0 Å². The molecule has 0 aliphatic heterocycles. The van der Waals surface area contributed by atoms with Gasteiger partial charge in [0.2, 0.25) is 5.95 Å². The highest BCUT2D eigenvalue weighted by molar-refractivity contribution is 7.80. The molecule has 0 saturated heterocycles. The molecular weight excluding hydrogens is 460 g/mol. The Labute approximate surface area is 183 Å². The first-order valence-electron chi connectivity index (χ1n) is 8.33. The van der Waals surface area contributed by atoms with Crippen LogP contribution in [0.3, 0.4) is 0 Å². The summed E-state index contributed by atoms with van der Waals surface area (Å²) in [5.74, 6) is 0.558. The van der Waals surface area contributed by atoms with Gasteiger partial charge in [-0.2, -0.15) is 13.2 Å². The summed E-state index contributed by atoms with van der Waals surface area (Å²) < 4.78 is 38.3. The van der Waals surface area contributed by atoms with Gasteiger partial charge in [-0.3, -0.25) is 0 Å². The maximum Gasteiger partial charge on any atom is 0.416 e. The minimum atomic E-state index is -4.41. The quantitative estimate of drug-likeness (QED) is 0.203. The molecule has 2 heterocycles. The molecule has 0 aliphatic carbocycles. The zero-order chi connectivity index (χ0) is 21.5. The topological polar surface area (TPSA) is 78.5 Å². The lowest BCUT2D eigenvalue weighted by Gasteiger charge is -2.09. The Kier molecular flexibility index (Phi) is 5.39. The summed E-state index contributed by atoms with van der Waals surface area (Å²) >= 11 is 16.5. The van der Waals surface area contributed by atoms with Crippen LogP contribution in [0.4, 0.5) is 36.3 Å². The van der Waals surface area contributed by atoms with Gasteiger partial charge in [0.15, 0.2) is 22.1 Å². The molecule has 4 rings (SSSR count). The second-order valence-electron chi connectivity index (χ2n) is 6.08. The summed E-state index contributed by atoms with van der Waals surface area (Å²) in [5.41, 5.74) is 0.797.